The largest absolute Gasteiger partial charge is 0.355 e. The van der Waals surface area contributed by atoms with Gasteiger partial charge in [0.15, 0.2) is 0 Å². The van der Waals surface area contributed by atoms with Crippen LogP contribution in [0.2, 0.25) is 0 Å². The average molecular weight is 304 g/mol. The Morgan fingerprint density at radius 2 is 2.52 bits per heavy atom. The highest BCUT2D eigenvalue weighted by atomic mass is 32.1. The van der Waals surface area contributed by atoms with Crippen molar-refractivity contribution in [2.24, 2.45) is 0 Å². The molecule has 2 N–H and O–H groups in total. The lowest BCUT2D eigenvalue weighted by atomic mass is 10.2. The molecule has 2 aromatic rings. The van der Waals surface area contributed by atoms with Gasteiger partial charge in [-0.15, -0.1) is 11.3 Å². The van der Waals surface area contributed by atoms with E-state index >= 15 is 0 Å². The molecule has 0 radical (unpaired) electrons. The van der Waals surface area contributed by atoms with E-state index in [1.807, 2.05) is 12.3 Å². The van der Waals surface area contributed by atoms with Crippen LogP contribution in [0.4, 0.5) is 0 Å². The fourth-order valence-corrected chi connectivity index (χ4v) is 3.30. The zero-order chi connectivity index (χ0) is 14.7. The molecule has 1 amide bonds. The van der Waals surface area contributed by atoms with Gasteiger partial charge >= 0.3 is 0 Å². The maximum atomic E-state index is 12.0. The number of thiophene rings is 1. The van der Waals surface area contributed by atoms with Gasteiger partial charge < -0.3 is 15.2 Å². The quantitative estimate of drug-likeness (QED) is 0.880. The lowest BCUT2D eigenvalue weighted by Crippen LogP contribution is -2.31. The number of carbonyl (C=O) groups excluding carboxylic acids is 1. The molecule has 2 aromatic heterocycles. The maximum absolute atomic E-state index is 12.0. The second-order valence-corrected chi connectivity index (χ2v) is 6.35. The van der Waals surface area contributed by atoms with Crippen LogP contribution < -0.4 is 10.6 Å². The molecule has 1 aliphatic rings. The van der Waals surface area contributed by atoms with Crippen LogP contribution in [-0.2, 0) is 24.2 Å². The van der Waals surface area contributed by atoms with Gasteiger partial charge in [-0.25, -0.2) is 4.98 Å². The first-order valence-corrected chi connectivity index (χ1v) is 8.19. The number of fused-ring (bicyclic) bond motifs is 1. The Kier molecular flexibility index (Phi) is 4.36. The second-order valence-electron chi connectivity index (χ2n) is 5.32. The van der Waals surface area contributed by atoms with Gasteiger partial charge in [-0.2, -0.15) is 0 Å². The van der Waals surface area contributed by atoms with Crippen molar-refractivity contribution in [2.75, 3.05) is 13.1 Å². The SMILES string of the molecule is C[C@@H]1NCCn2cc(CC(=O)NCCc3cccs3)nc21. The summed E-state index contributed by atoms with van der Waals surface area (Å²) in [6, 6.07) is 4.38. The van der Waals surface area contributed by atoms with Gasteiger partial charge in [0.05, 0.1) is 18.2 Å². The molecule has 1 atom stereocenters. The Labute approximate surface area is 128 Å². The van der Waals surface area contributed by atoms with Gasteiger partial charge in [-0.1, -0.05) is 6.07 Å². The van der Waals surface area contributed by atoms with Crippen molar-refractivity contribution in [2.45, 2.75) is 32.4 Å². The molecule has 0 aromatic carbocycles. The van der Waals surface area contributed by atoms with Crippen molar-refractivity contribution in [3.8, 4) is 0 Å². The number of imidazole rings is 1. The van der Waals surface area contributed by atoms with Gasteiger partial charge in [0.1, 0.15) is 5.82 Å². The zero-order valence-corrected chi connectivity index (χ0v) is 12.9. The van der Waals surface area contributed by atoms with E-state index in [1.54, 1.807) is 11.3 Å². The number of hydrogen-bond acceptors (Lipinski definition) is 4. The van der Waals surface area contributed by atoms with E-state index in [-0.39, 0.29) is 11.9 Å². The van der Waals surface area contributed by atoms with Crippen LogP contribution >= 0.6 is 11.3 Å². The Balaban J connectivity index is 1.50. The number of amides is 1. The summed E-state index contributed by atoms with van der Waals surface area (Å²) < 4.78 is 2.15. The van der Waals surface area contributed by atoms with Gasteiger partial charge in [0.2, 0.25) is 5.91 Å². The van der Waals surface area contributed by atoms with Crippen LogP contribution in [0.5, 0.6) is 0 Å². The molecule has 112 valence electrons. The summed E-state index contributed by atoms with van der Waals surface area (Å²) in [5, 5.41) is 8.39. The van der Waals surface area contributed by atoms with E-state index in [0.29, 0.717) is 13.0 Å². The molecule has 0 unspecified atom stereocenters. The fraction of sp³-hybridized carbons (Fsp3) is 0.467. The van der Waals surface area contributed by atoms with E-state index < -0.39 is 0 Å². The van der Waals surface area contributed by atoms with E-state index in [9.17, 15) is 4.79 Å². The molecule has 0 saturated carbocycles. The lowest BCUT2D eigenvalue weighted by Gasteiger charge is -2.21. The first-order valence-electron chi connectivity index (χ1n) is 7.31. The van der Waals surface area contributed by atoms with Crippen molar-refractivity contribution in [3.05, 3.63) is 40.1 Å². The highest BCUT2D eigenvalue weighted by Gasteiger charge is 2.19. The van der Waals surface area contributed by atoms with Crippen LogP contribution in [-0.4, -0.2) is 28.5 Å². The Bertz CT molecular complexity index is 605. The van der Waals surface area contributed by atoms with Crippen molar-refractivity contribution in [1.82, 2.24) is 20.2 Å². The number of aromatic nitrogens is 2. The number of rotatable bonds is 5. The minimum atomic E-state index is 0.0441. The van der Waals surface area contributed by atoms with Crippen molar-refractivity contribution >= 4 is 17.2 Å². The number of carbonyl (C=O) groups is 1. The Morgan fingerprint density at radius 3 is 3.29 bits per heavy atom. The number of hydrogen-bond donors (Lipinski definition) is 2. The summed E-state index contributed by atoms with van der Waals surface area (Å²) in [4.78, 5) is 17.8. The smallest absolute Gasteiger partial charge is 0.226 e. The third-order valence-electron chi connectivity index (χ3n) is 3.66. The van der Waals surface area contributed by atoms with E-state index in [0.717, 1.165) is 31.0 Å². The van der Waals surface area contributed by atoms with Crippen molar-refractivity contribution in [1.29, 1.82) is 0 Å². The minimum absolute atomic E-state index is 0.0441. The van der Waals surface area contributed by atoms with E-state index in [2.05, 4.69) is 38.6 Å². The summed E-state index contributed by atoms with van der Waals surface area (Å²) in [5.74, 6) is 1.07. The third kappa shape index (κ3) is 3.51. The highest BCUT2D eigenvalue weighted by molar-refractivity contribution is 7.09. The van der Waals surface area contributed by atoms with Crippen LogP contribution in [0.15, 0.2) is 23.7 Å². The van der Waals surface area contributed by atoms with Gasteiger partial charge in [-0.3, -0.25) is 4.79 Å². The van der Waals surface area contributed by atoms with Gasteiger partial charge in [0.25, 0.3) is 0 Å². The summed E-state index contributed by atoms with van der Waals surface area (Å²) >= 11 is 1.72. The molecule has 3 heterocycles. The number of nitrogens with zero attached hydrogens (tertiary/aromatic N) is 2. The topological polar surface area (TPSA) is 59.0 Å². The third-order valence-corrected chi connectivity index (χ3v) is 4.60. The molecular weight excluding hydrogens is 284 g/mol. The normalized spacial score (nSPS) is 17.5. The van der Waals surface area contributed by atoms with Gasteiger partial charge in [-0.05, 0) is 24.8 Å². The standard InChI is InChI=1S/C15H20N4OS/c1-11-15-18-12(10-19(15)7-6-16-11)9-14(20)17-5-4-13-3-2-8-21-13/h2-3,8,10-11,16H,4-7,9H2,1H3,(H,17,20)/t11-/m0/s1. The van der Waals surface area contributed by atoms with E-state index in [1.165, 1.54) is 4.88 Å². The molecular formula is C15H20N4OS. The molecule has 0 saturated heterocycles. The monoisotopic (exact) mass is 304 g/mol. The zero-order valence-electron chi connectivity index (χ0n) is 12.1. The fourth-order valence-electron chi connectivity index (χ4n) is 2.60. The second kappa shape index (κ2) is 6.41. The minimum Gasteiger partial charge on any atom is -0.355 e. The molecule has 0 aliphatic carbocycles. The van der Waals surface area contributed by atoms with E-state index in [4.69, 9.17) is 0 Å². The highest BCUT2D eigenvalue weighted by Crippen LogP contribution is 2.16. The molecule has 21 heavy (non-hydrogen) atoms. The predicted molar refractivity (Wildman–Crippen MR) is 83.4 cm³/mol. The van der Waals surface area contributed by atoms with Crippen molar-refractivity contribution < 1.29 is 4.79 Å². The molecule has 0 spiro atoms. The Morgan fingerprint density at radius 1 is 1.62 bits per heavy atom. The molecule has 3 rings (SSSR count). The number of nitrogens with one attached hydrogen (secondary N) is 2. The van der Waals surface area contributed by atoms with Crippen molar-refractivity contribution in [3.63, 3.8) is 0 Å². The maximum Gasteiger partial charge on any atom is 0.226 e. The summed E-state index contributed by atoms with van der Waals surface area (Å²) in [6.07, 6.45) is 3.26. The van der Waals surface area contributed by atoms with Crippen LogP contribution in [0.1, 0.15) is 29.4 Å². The van der Waals surface area contributed by atoms with Crippen LogP contribution in [0.3, 0.4) is 0 Å². The summed E-state index contributed by atoms with van der Waals surface area (Å²) in [6.45, 7) is 4.66. The Hall–Kier alpha value is -1.66. The lowest BCUT2D eigenvalue weighted by molar-refractivity contribution is -0.120. The first kappa shape index (κ1) is 14.3. The van der Waals surface area contributed by atoms with Gasteiger partial charge in [0, 0.05) is 30.7 Å². The average Bonchev–Trinajstić information content (AvgIpc) is 3.08. The summed E-state index contributed by atoms with van der Waals surface area (Å²) in [5.41, 5.74) is 0.856. The first-order chi connectivity index (χ1) is 10.2. The molecule has 1 aliphatic heterocycles. The predicted octanol–water partition coefficient (Wildman–Crippen LogP) is 1.51. The van der Waals surface area contributed by atoms with Crippen LogP contribution in [0.25, 0.3) is 0 Å². The molecule has 5 nitrogen and oxygen atoms in total. The summed E-state index contributed by atoms with van der Waals surface area (Å²) in [7, 11) is 0. The van der Waals surface area contributed by atoms with Crippen LogP contribution in [0, 0.1) is 0 Å². The molecule has 6 heteroatoms. The molecule has 0 bridgehead atoms. The molecule has 0 fully saturated rings.